The molecule has 1 unspecified atom stereocenters. The third kappa shape index (κ3) is 5.54. The molecule has 1 saturated heterocycles. The Morgan fingerprint density at radius 2 is 2.10 bits per heavy atom. The van der Waals surface area contributed by atoms with Crippen LogP contribution in [0.1, 0.15) is 40.2 Å². The number of rotatable bonds is 8. The number of aromatic nitrogens is 2. The smallest absolute Gasteiger partial charge is 0.318 e. The Bertz CT molecular complexity index is 979. The average molecular weight is 439 g/mol. The lowest BCUT2D eigenvalue weighted by Crippen LogP contribution is -2.43. The van der Waals surface area contributed by atoms with E-state index in [1.807, 2.05) is 46.2 Å². The summed E-state index contributed by atoms with van der Waals surface area (Å²) in [6.45, 7) is 7.29. The molecule has 7 heteroatoms. The quantitative estimate of drug-likeness (QED) is 0.563. The van der Waals surface area contributed by atoms with Gasteiger partial charge in [0, 0.05) is 35.8 Å². The number of nitrogens with one attached hydrogen (secondary N) is 1. The van der Waals surface area contributed by atoms with Crippen molar-refractivity contribution >= 4 is 17.4 Å². The number of amides is 2. The molecule has 1 aliphatic rings. The molecule has 0 aliphatic carbocycles. The molecule has 2 amide bonds. The van der Waals surface area contributed by atoms with E-state index in [0.717, 1.165) is 42.9 Å². The SMILES string of the molecule is Cc1nn(Cc2ccccc2)c(C)c1CNC(=O)N(Cc1cccs1)CC1CCCO1. The number of nitrogens with zero attached hydrogens (tertiary/aromatic N) is 3. The molecule has 1 N–H and O–H groups in total. The highest BCUT2D eigenvalue weighted by Gasteiger charge is 2.23. The van der Waals surface area contributed by atoms with Crippen molar-refractivity contribution in [2.45, 2.75) is 52.4 Å². The number of hydrogen-bond donors (Lipinski definition) is 1. The van der Waals surface area contributed by atoms with Gasteiger partial charge < -0.3 is 15.0 Å². The Hall–Kier alpha value is -2.64. The van der Waals surface area contributed by atoms with Crippen molar-refractivity contribution in [3.05, 3.63) is 75.2 Å². The first-order valence-corrected chi connectivity index (χ1v) is 11.7. The van der Waals surface area contributed by atoms with Gasteiger partial charge in [-0.05, 0) is 43.7 Å². The van der Waals surface area contributed by atoms with Crippen LogP contribution in [0.3, 0.4) is 0 Å². The molecule has 164 valence electrons. The number of carbonyl (C=O) groups is 1. The molecule has 1 aromatic carbocycles. The molecular weight excluding hydrogens is 408 g/mol. The van der Waals surface area contributed by atoms with Crippen LogP contribution in [0, 0.1) is 13.8 Å². The number of benzene rings is 1. The highest BCUT2D eigenvalue weighted by Crippen LogP contribution is 2.18. The number of hydrogen-bond acceptors (Lipinski definition) is 4. The van der Waals surface area contributed by atoms with Gasteiger partial charge in [-0.2, -0.15) is 5.10 Å². The Kier molecular flexibility index (Phi) is 7.04. The highest BCUT2D eigenvalue weighted by atomic mass is 32.1. The van der Waals surface area contributed by atoms with Crippen LogP contribution in [0.25, 0.3) is 0 Å². The molecule has 0 saturated carbocycles. The molecule has 31 heavy (non-hydrogen) atoms. The van der Waals surface area contributed by atoms with E-state index >= 15 is 0 Å². The maximum Gasteiger partial charge on any atom is 0.318 e. The number of ether oxygens (including phenoxy) is 1. The second kappa shape index (κ2) is 10.1. The lowest BCUT2D eigenvalue weighted by Gasteiger charge is -2.25. The zero-order chi connectivity index (χ0) is 21.6. The molecule has 2 aromatic heterocycles. The van der Waals surface area contributed by atoms with Crippen LogP contribution in [0.15, 0.2) is 47.8 Å². The molecule has 1 fully saturated rings. The lowest BCUT2D eigenvalue weighted by molar-refractivity contribution is 0.0796. The van der Waals surface area contributed by atoms with Gasteiger partial charge >= 0.3 is 6.03 Å². The first-order valence-electron chi connectivity index (χ1n) is 10.8. The second-order valence-electron chi connectivity index (χ2n) is 8.05. The summed E-state index contributed by atoms with van der Waals surface area (Å²) in [5.41, 5.74) is 4.34. The third-order valence-corrected chi connectivity index (χ3v) is 6.65. The zero-order valence-electron chi connectivity index (χ0n) is 18.2. The number of thiophene rings is 1. The Morgan fingerprint density at radius 1 is 1.26 bits per heavy atom. The van der Waals surface area contributed by atoms with Crippen molar-refractivity contribution < 1.29 is 9.53 Å². The largest absolute Gasteiger partial charge is 0.376 e. The Morgan fingerprint density at radius 3 is 2.81 bits per heavy atom. The van der Waals surface area contributed by atoms with Crippen LogP contribution in [-0.2, 0) is 24.4 Å². The van der Waals surface area contributed by atoms with Crippen LogP contribution in [-0.4, -0.2) is 40.0 Å². The van der Waals surface area contributed by atoms with Gasteiger partial charge in [0.15, 0.2) is 0 Å². The molecule has 6 nitrogen and oxygen atoms in total. The molecule has 0 spiro atoms. The van der Waals surface area contributed by atoms with Crippen LogP contribution < -0.4 is 5.32 Å². The minimum absolute atomic E-state index is 0.0569. The number of urea groups is 1. The van der Waals surface area contributed by atoms with Crippen LogP contribution >= 0.6 is 11.3 Å². The summed E-state index contributed by atoms with van der Waals surface area (Å²) in [6, 6.07) is 14.3. The van der Waals surface area contributed by atoms with E-state index in [2.05, 4.69) is 30.4 Å². The van der Waals surface area contributed by atoms with Gasteiger partial charge in [-0.15, -0.1) is 11.3 Å². The highest BCUT2D eigenvalue weighted by molar-refractivity contribution is 7.09. The van der Waals surface area contributed by atoms with Gasteiger partial charge in [-0.3, -0.25) is 4.68 Å². The van der Waals surface area contributed by atoms with Gasteiger partial charge in [0.05, 0.1) is 24.9 Å². The van der Waals surface area contributed by atoms with Crippen LogP contribution in [0.2, 0.25) is 0 Å². The van der Waals surface area contributed by atoms with Gasteiger partial charge in [0.1, 0.15) is 0 Å². The summed E-state index contributed by atoms with van der Waals surface area (Å²) in [5, 5.41) is 9.88. The summed E-state index contributed by atoms with van der Waals surface area (Å²) in [6.07, 6.45) is 2.21. The second-order valence-corrected chi connectivity index (χ2v) is 9.08. The maximum atomic E-state index is 13.1. The van der Waals surface area contributed by atoms with Crippen molar-refractivity contribution in [2.24, 2.45) is 0 Å². The van der Waals surface area contributed by atoms with Crippen molar-refractivity contribution in [1.29, 1.82) is 0 Å². The van der Waals surface area contributed by atoms with Gasteiger partial charge in [-0.1, -0.05) is 36.4 Å². The minimum Gasteiger partial charge on any atom is -0.376 e. The van der Waals surface area contributed by atoms with E-state index < -0.39 is 0 Å². The van der Waals surface area contributed by atoms with Gasteiger partial charge in [0.25, 0.3) is 0 Å². The summed E-state index contributed by atoms with van der Waals surface area (Å²) in [4.78, 5) is 16.1. The fourth-order valence-corrected chi connectivity index (χ4v) is 4.74. The molecular formula is C24H30N4O2S. The molecule has 0 bridgehead atoms. The van der Waals surface area contributed by atoms with E-state index in [-0.39, 0.29) is 12.1 Å². The predicted octanol–water partition coefficient (Wildman–Crippen LogP) is 4.50. The summed E-state index contributed by atoms with van der Waals surface area (Å²) >= 11 is 1.67. The summed E-state index contributed by atoms with van der Waals surface area (Å²) in [7, 11) is 0. The molecule has 0 radical (unpaired) electrons. The van der Waals surface area contributed by atoms with E-state index in [0.29, 0.717) is 19.6 Å². The van der Waals surface area contributed by atoms with Crippen LogP contribution in [0.4, 0.5) is 4.79 Å². The monoisotopic (exact) mass is 438 g/mol. The van der Waals surface area contributed by atoms with Crippen molar-refractivity contribution in [1.82, 2.24) is 20.0 Å². The predicted molar refractivity (Wildman–Crippen MR) is 123 cm³/mol. The zero-order valence-corrected chi connectivity index (χ0v) is 19.0. The lowest BCUT2D eigenvalue weighted by atomic mass is 10.2. The summed E-state index contributed by atoms with van der Waals surface area (Å²) < 4.78 is 7.80. The molecule has 1 aliphatic heterocycles. The van der Waals surface area contributed by atoms with Crippen LogP contribution in [0.5, 0.6) is 0 Å². The normalized spacial score (nSPS) is 15.9. The Balaban J connectivity index is 1.41. The average Bonchev–Trinajstić information content (AvgIpc) is 3.51. The first-order chi connectivity index (χ1) is 15.1. The fraction of sp³-hybridized carbons (Fsp3) is 0.417. The van der Waals surface area contributed by atoms with Crippen molar-refractivity contribution in [3.63, 3.8) is 0 Å². The van der Waals surface area contributed by atoms with Gasteiger partial charge in [0.2, 0.25) is 0 Å². The minimum atomic E-state index is -0.0569. The van der Waals surface area contributed by atoms with Crippen molar-refractivity contribution in [2.75, 3.05) is 13.2 Å². The number of aryl methyl sites for hydroxylation is 1. The van der Waals surface area contributed by atoms with E-state index in [9.17, 15) is 4.79 Å². The molecule has 3 aromatic rings. The fourth-order valence-electron chi connectivity index (χ4n) is 4.02. The molecule has 1 atom stereocenters. The Labute approximate surface area is 187 Å². The van der Waals surface area contributed by atoms with E-state index in [4.69, 9.17) is 9.84 Å². The molecule has 4 rings (SSSR count). The summed E-state index contributed by atoms with van der Waals surface area (Å²) in [5.74, 6) is 0. The maximum absolute atomic E-state index is 13.1. The van der Waals surface area contributed by atoms with E-state index in [1.165, 1.54) is 10.4 Å². The topological polar surface area (TPSA) is 59.4 Å². The van der Waals surface area contributed by atoms with Gasteiger partial charge in [-0.25, -0.2) is 4.79 Å². The standard InChI is InChI=1S/C24H30N4O2S/c1-18-23(19(2)28(26-18)15-20-8-4-3-5-9-20)14-25-24(29)27(16-21-10-6-12-30-21)17-22-11-7-13-31-22/h3-5,7-9,11,13,21H,6,10,12,14-17H2,1-2H3,(H,25,29). The van der Waals surface area contributed by atoms with E-state index in [1.54, 1.807) is 11.3 Å². The number of carbonyl (C=O) groups excluding carboxylic acids is 1. The molecule has 3 heterocycles. The van der Waals surface area contributed by atoms with Crippen molar-refractivity contribution in [3.8, 4) is 0 Å². The third-order valence-electron chi connectivity index (χ3n) is 5.78. The first kappa shape index (κ1) is 21.6.